The van der Waals surface area contributed by atoms with Crippen LogP contribution in [0.4, 0.5) is 0 Å². The van der Waals surface area contributed by atoms with Crippen molar-refractivity contribution in [3.8, 4) is 0 Å². The summed E-state index contributed by atoms with van der Waals surface area (Å²) in [5, 5.41) is 42.5. The van der Waals surface area contributed by atoms with Gasteiger partial charge < -0.3 is 25.7 Å². The van der Waals surface area contributed by atoms with E-state index in [4.69, 9.17) is 5.11 Å². The Kier molecular flexibility index (Phi) is 9.10. The van der Waals surface area contributed by atoms with Gasteiger partial charge in [-0.3, -0.25) is 9.59 Å². The molecule has 0 saturated heterocycles. The number of aliphatic hydroxyl groups is 2. The molecule has 4 saturated carbocycles. The maximum atomic E-state index is 12.6. The van der Waals surface area contributed by atoms with Crippen molar-refractivity contribution in [2.45, 2.75) is 103 Å². The van der Waals surface area contributed by atoms with Crippen LogP contribution in [0.25, 0.3) is 0 Å². The number of hydrogen-bond donors (Lipinski definition) is 5. The van der Waals surface area contributed by atoms with Gasteiger partial charge in [-0.05, 0) is 104 Å². The van der Waals surface area contributed by atoms with E-state index in [-0.39, 0.29) is 46.9 Å². The molecule has 0 aromatic rings. The molecule has 0 spiro atoms. The van der Waals surface area contributed by atoms with Crippen molar-refractivity contribution in [2.24, 2.45) is 46.3 Å². The quantitative estimate of drug-likeness (QED) is 0.275. The van der Waals surface area contributed by atoms with Gasteiger partial charge in [0, 0.05) is 12.2 Å². The molecule has 5 N–H and O–H groups in total. The number of carboxylic acid groups (broad SMARTS) is 2. The molecule has 4 aliphatic rings. The first kappa shape index (κ1) is 29.7. The lowest BCUT2D eigenvalue weighted by atomic mass is 9.43. The van der Waals surface area contributed by atoms with Crippen LogP contribution < -0.4 is 5.32 Å². The first-order valence-electron chi connectivity index (χ1n) is 14.5. The smallest absolute Gasteiger partial charge is 0.327 e. The van der Waals surface area contributed by atoms with Crippen LogP contribution in [-0.2, 0) is 14.4 Å². The van der Waals surface area contributed by atoms with Gasteiger partial charge in [-0.2, -0.15) is 0 Å². The van der Waals surface area contributed by atoms with E-state index < -0.39 is 18.0 Å². The topological polar surface area (TPSA) is 144 Å². The van der Waals surface area contributed by atoms with Crippen LogP contribution in [0.3, 0.4) is 0 Å². The summed E-state index contributed by atoms with van der Waals surface area (Å²) in [6, 6.07) is -1.09. The maximum absolute atomic E-state index is 12.6. The fourth-order valence-electron chi connectivity index (χ4n) is 9.44. The molecule has 0 bridgehead atoms. The molecule has 11 atom stereocenters. The van der Waals surface area contributed by atoms with Gasteiger partial charge >= 0.3 is 11.9 Å². The van der Waals surface area contributed by atoms with E-state index in [1.807, 2.05) is 0 Å². The highest BCUT2D eigenvalue weighted by molar-refractivity contribution is 8.00. The normalized spacial score (nSPS) is 41.8. The Morgan fingerprint density at radius 1 is 0.974 bits per heavy atom. The SMILES string of the molecule is C[C@H](CCC(=O)N[C@@H](CSCC(=O)O)C(=O)O)[C@H]1CCC2C3C(O)C[C@@H]4C[C@H](O)CC[C@]4(C)C3CC[C@@]21C. The molecule has 4 fully saturated rings. The number of hydrogen-bond acceptors (Lipinski definition) is 6. The lowest BCUT2D eigenvalue weighted by Crippen LogP contribution is -2.58. The van der Waals surface area contributed by atoms with Crippen molar-refractivity contribution in [3.63, 3.8) is 0 Å². The molecule has 0 aromatic carbocycles. The Morgan fingerprint density at radius 3 is 2.34 bits per heavy atom. The number of amides is 1. The molecule has 0 aliphatic heterocycles. The highest BCUT2D eigenvalue weighted by Gasteiger charge is 2.62. The number of fused-ring (bicyclic) bond motifs is 5. The number of carbonyl (C=O) groups excluding carboxylic acids is 1. The molecule has 9 heteroatoms. The van der Waals surface area contributed by atoms with Gasteiger partial charge in [0.2, 0.25) is 5.91 Å². The zero-order chi connectivity index (χ0) is 27.8. The van der Waals surface area contributed by atoms with E-state index in [0.717, 1.165) is 63.1 Å². The molecule has 4 rings (SSSR count). The number of thioether (sulfide) groups is 1. The number of aliphatic hydroxyl groups excluding tert-OH is 2. The number of nitrogens with one attached hydrogen (secondary N) is 1. The van der Waals surface area contributed by atoms with Crippen molar-refractivity contribution in [3.05, 3.63) is 0 Å². The van der Waals surface area contributed by atoms with Crippen LogP contribution in [0.15, 0.2) is 0 Å². The molecular weight excluding hydrogens is 506 g/mol. The van der Waals surface area contributed by atoms with Gasteiger partial charge in [0.25, 0.3) is 0 Å². The fraction of sp³-hybridized carbons (Fsp3) is 0.897. The largest absolute Gasteiger partial charge is 0.481 e. The van der Waals surface area contributed by atoms with E-state index in [2.05, 4.69) is 26.1 Å². The van der Waals surface area contributed by atoms with E-state index in [9.17, 15) is 29.7 Å². The van der Waals surface area contributed by atoms with Crippen molar-refractivity contribution < 1.29 is 34.8 Å². The summed E-state index contributed by atoms with van der Waals surface area (Å²) in [4.78, 5) is 34.8. The van der Waals surface area contributed by atoms with Crippen LogP contribution in [0.2, 0.25) is 0 Å². The Hall–Kier alpha value is -1.32. The van der Waals surface area contributed by atoms with Crippen molar-refractivity contribution in [1.82, 2.24) is 5.32 Å². The number of aliphatic carboxylic acids is 2. The standard InChI is InChI=1S/C29H47NO7S/c1-16(4-7-24(33)30-22(27(36)37)14-38-15-25(34)35)19-5-6-20-26-21(9-11-29(19,20)3)28(2)10-8-18(31)12-17(28)13-23(26)32/h16-23,26,31-32H,4-15H2,1-3H3,(H,30,33)(H,34,35)(H,36,37)/t16-,17+,18-,19-,20?,21?,22+,23?,26?,28+,29-/m1/s1. The van der Waals surface area contributed by atoms with Crippen molar-refractivity contribution in [2.75, 3.05) is 11.5 Å². The summed E-state index contributed by atoms with van der Waals surface area (Å²) in [7, 11) is 0. The predicted molar refractivity (Wildman–Crippen MR) is 146 cm³/mol. The van der Waals surface area contributed by atoms with Gasteiger partial charge in [0.15, 0.2) is 0 Å². The lowest BCUT2D eigenvalue weighted by Gasteiger charge is -2.62. The molecule has 1 amide bonds. The maximum Gasteiger partial charge on any atom is 0.327 e. The zero-order valence-electron chi connectivity index (χ0n) is 23.1. The van der Waals surface area contributed by atoms with E-state index in [0.29, 0.717) is 41.9 Å². The summed E-state index contributed by atoms with van der Waals surface area (Å²) < 4.78 is 0. The van der Waals surface area contributed by atoms with Crippen LogP contribution in [0.1, 0.15) is 85.0 Å². The van der Waals surface area contributed by atoms with Gasteiger partial charge in [-0.25, -0.2) is 4.79 Å². The average molecular weight is 554 g/mol. The molecule has 0 heterocycles. The fourth-order valence-corrected chi connectivity index (χ4v) is 10.2. The Labute approximate surface area is 230 Å². The number of carbonyl (C=O) groups is 3. The highest BCUT2D eigenvalue weighted by Crippen LogP contribution is 2.68. The third kappa shape index (κ3) is 5.75. The number of carboxylic acids is 2. The van der Waals surface area contributed by atoms with E-state index in [1.54, 1.807) is 0 Å². The molecule has 38 heavy (non-hydrogen) atoms. The molecule has 4 aliphatic carbocycles. The van der Waals surface area contributed by atoms with Crippen LogP contribution in [0, 0.1) is 46.3 Å². The van der Waals surface area contributed by atoms with Crippen molar-refractivity contribution in [1.29, 1.82) is 0 Å². The minimum atomic E-state index is -1.15. The third-order valence-corrected chi connectivity index (χ3v) is 12.4. The minimum absolute atomic E-state index is 0.0227. The molecule has 4 unspecified atom stereocenters. The van der Waals surface area contributed by atoms with Crippen LogP contribution in [-0.4, -0.2) is 68.0 Å². The lowest BCUT2D eigenvalue weighted by molar-refractivity contribution is -0.174. The Balaban J connectivity index is 1.35. The first-order valence-corrected chi connectivity index (χ1v) is 15.7. The van der Waals surface area contributed by atoms with E-state index >= 15 is 0 Å². The molecule has 0 radical (unpaired) electrons. The summed E-state index contributed by atoms with van der Waals surface area (Å²) in [6.07, 6.45) is 8.42. The third-order valence-electron chi connectivity index (χ3n) is 11.4. The molecule has 8 nitrogen and oxygen atoms in total. The second-order valence-electron chi connectivity index (χ2n) is 13.3. The monoisotopic (exact) mass is 553 g/mol. The Bertz CT molecular complexity index is 900. The van der Waals surface area contributed by atoms with E-state index in [1.165, 1.54) is 0 Å². The average Bonchev–Trinajstić information content (AvgIpc) is 3.20. The van der Waals surface area contributed by atoms with Crippen LogP contribution >= 0.6 is 11.8 Å². The molecule has 216 valence electrons. The van der Waals surface area contributed by atoms with Crippen molar-refractivity contribution >= 4 is 29.6 Å². The highest BCUT2D eigenvalue weighted by atomic mass is 32.2. The molecule has 0 aromatic heterocycles. The van der Waals surface area contributed by atoms with Gasteiger partial charge in [0.05, 0.1) is 18.0 Å². The number of rotatable bonds is 10. The first-order chi connectivity index (χ1) is 17.9. The Morgan fingerprint density at radius 2 is 1.66 bits per heavy atom. The second-order valence-corrected chi connectivity index (χ2v) is 14.4. The second kappa shape index (κ2) is 11.7. The van der Waals surface area contributed by atoms with Gasteiger partial charge in [-0.15, -0.1) is 11.8 Å². The van der Waals surface area contributed by atoms with Gasteiger partial charge in [-0.1, -0.05) is 20.8 Å². The zero-order valence-corrected chi connectivity index (χ0v) is 23.9. The summed E-state index contributed by atoms with van der Waals surface area (Å²) in [5.41, 5.74) is 0.335. The minimum Gasteiger partial charge on any atom is -0.481 e. The van der Waals surface area contributed by atoms with Crippen LogP contribution in [0.5, 0.6) is 0 Å². The van der Waals surface area contributed by atoms with Gasteiger partial charge in [0.1, 0.15) is 6.04 Å². The molecular formula is C29H47NO7S. The summed E-state index contributed by atoms with van der Waals surface area (Å²) >= 11 is 0.984. The predicted octanol–water partition coefficient (Wildman–Crippen LogP) is 3.78. The summed E-state index contributed by atoms with van der Waals surface area (Å²) in [6.45, 7) is 7.05. The summed E-state index contributed by atoms with van der Waals surface area (Å²) in [5.74, 6) is -0.164.